The summed E-state index contributed by atoms with van der Waals surface area (Å²) in [6, 6.07) is 19.6. The van der Waals surface area contributed by atoms with Crippen LogP contribution in [0.2, 0.25) is 0 Å². The van der Waals surface area contributed by atoms with Gasteiger partial charge in [0.05, 0.1) is 37.6 Å². The fourth-order valence-corrected chi connectivity index (χ4v) is 3.64. The smallest absolute Gasteiger partial charge is 0.224 e. The van der Waals surface area contributed by atoms with Crippen molar-refractivity contribution in [3.05, 3.63) is 95.1 Å². The third kappa shape index (κ3) is 3.59. The van der Waals surface area contributed by atoms with E-state index in [2.05, 4.69) is 23.7 Å². The zero-order valence-electron chi connectivity index (χ0n) is 16.4. The molecule has 0 unspecified atom stereocenters. The largest absolute Gasteiger partial charge is 0.340 e. The molecule has 0 N–H and O–H groups in total. The maximum absolute atomic E-state index is 6.02. The Kier molecular flexibility index (Phi) is 5.01. The second-order valence-electron chi connectivity index (χ2n) is 7.08. The minimum atomic E-state index is -1.07. The van der Waals surface area contributed by atoms with Gasteiger partial charge in [-0.1, -0.05) is 60.1 Å². The van der Waals surface area contributed by atoms with Crippen LogP contribution in [0.1, 0.15) is 11.1 Å². The number of benzene rings is 2. The molecule has 2 heterocycles. The third-order valence-electron chi connectivity index (χ3n) is 5.08. The lowest BCUT2D eigenvalue weighted by Crippen LogP contribution is -2.42. The molecule has 2 saturated heterocycles. The average molecular weight is 396 g/mol. The summed E-state index contributed by atoms with van der Waals surface area (Å²) in [5.74, 6) is 10.7. The maximum atomic E-state index is 6.02. The molecule has 2 aliphatic heterocycles. The van der Waals surface area contributed by atoms with Gasteiger partial charge in [0, 0.05) is 11.1 Å². The average Bonchev–Trinajstić information content (AvgIpc) is 3.46. The summed E-state index contributed by atoms with van der Waals surface area (Å²) in [5, 5.41) is 0. The van der Waals surface area contributed by atoms with Crippen LogP contribution < -0.4 is 0 Å². The molecule has 0 atom stereocenters. The zero-order valence-corrected chi connectivity index (χ0v) is 16.4. The molecule has 5 rings (SSSR count). The molecule has 4 heteroatoms. The van der Waals surface area contributed by atoms with Crippen molar-refractivity contribution >= 4 is 0 Å². The summed E-state index contributed by atoms with van der Waals surface area (Å²) < 4.78 is 24.1. The van der Waals surface area contributed by atoms with E-state index >= 15 is 0 Å². The second-order valence-corrected chi connectivity index (χ2v) is 7.08. The van der Waals surface area contributed by atoms with Gasteiger partial charge in [0.1, 0.15) is 0 Å². The summed E-state index contributed by atoms with van der Waals surface area (Å²) in [4.78, 5) is 0. The van der Waals surface area contributed by atoms with Crippen molar-refractivity contribution in [2.75, 3.05) is 26.4 Å². The molecule has 2 aromatic rings. The quantitative estimate of drug-likeness (QED) is 0.640. The Balaban J connectivity index is 1.57. The van der Waals surface area contributed by atoms with E-state index in [1.807, 2.05) is 72.8 Å². The predicted octanol–water partition coefficient (Wildman–Crippen LogP) is 3.44. The summed E-state index contributed by atoms with van der Waals surface area (Å²) in [6.45, 7) is 1.92. The first kappa shape index (κ1) is 18.9. The molecule has 3 aliphatic rings. The first-order chi connectivity index (χ1) is 14.8. The molecule has 0 saturated carbocycles. The van der Waals surface area contributed by atoms with E-state index in [9.17, 15) is 0 Å². The highest BCUT2D eigenvalue weighted by Gasteiger charge is 2.50. The van der Waals surface area contributed by atoms with E-state index in [1.165, 1.54) is 0 Å². The minimum absolute atomic E-state index is 0.481. The molecule has 1 aliphatic carbocycles. The highest BCUT2D eigenvalue weighted by molar-refractivity contribution is 5.56. The van der Waals surface area contributed by atoms with Crippen molar-refractivity contribution in [2.24, 2.45) is 0 Å². The first-order valence-corrected chi connectivity index (χ1v) is 9.95. The molecule has 2 fully saturated rings. The van der Waals surface area contributed by atoms with Crippen LogP contribution in [-0.2, 0) is 18.9 Å². The van der Waals surface area contributed by atoms with Gasteiger partial charge in [-0.3, -0.25) is 0 Å². The van der Waals surface area contributed by atoms with Gasteiger partial charge in [0.25, 0.3) is 0 Å². The molecule has 0 radical (unpaired) electrons. The molecule has 0 amide bonds. The van der Waals surface area contributed by atoms with Crippen molar-refractivity contribution in [3.8, 4) is 23.7 Å². The lowest BCUT2D eigenvalue weighted by Gasteiger charge is -2.35. The monoisotopic (exact) mass is 396 g/mol. The van der Waals surface area contributed by atoms with Gasteiger partial charge >= 0.3 is 0 Å². The fourth-order valence-electron chi connectivity index (χ4n) is 3.64. The molecule has 4 nitrogen and oxygen atoms in total. The lowest BCUT2D eigenvalue weighted by atomic mass is 9.89. The van der Waals surface area contributed by atoms with Gasteiger partial charge in [-0.05, 0) is 36.4 Å². The molecule has 0 bridgehead atoms. The number of ether oxygens (including phenoxy) is 4. The van der Waals surface area contributed by atoms with E-state index in [0.717, 1.165) is 11.1 Å². The minimum Gasteiger partial charge on any atom is -0.340 e. The van der Waals surface area contributed by atoms with E-state index in [1.54, 1.807) is 0 Å². The van der Waals surface area contributed by atoms with Crippen molar-refractivity contribution in [2.45, 2.75) is 11.6 Å². The van der Waals surface area contributed by atoms with Crippen molar-refractivity contribution < 1.29 is 18.9 Å². The Bertz CT molecular complexity index is 1000. The Hall–Kier alpha value is -3.12. The first-order valence-electron chi connectivity index (χ1n) is 9.95. The van der Waals surface area contributed by atoms with E-state index < -0.39 is 11.6 Å². The standard InChI is InChI=1S/C26H20O4/c1-3-7-21(8-4-1)11-13-23-19-26(29-17-18-30-26)24(20-25(23)27-15-16-28-25)14-12-22-9-5-2-6-10-22/h1-10,19-20H,15-18H2. The zero-order chi connectivity index (χ0) is 20.3. The number of rotatable bonds is 0. The summed E-state index contributed by atoms with van der Waals surface area (Å²) in [7, 11) is 0. The lowest BCUT2D eigenvalue weighted by molar-refractivity contribution is -0.113. The number of hydrogen-bond donors (Lipinski definition) is 0. The molecular weight excluding hydrogens is 376 g/mol. The predicted molar refractivity (Wildman–Crippen MR) is 112 cm³/mol. The van der Waals surface area contributed by atoms with Gasteiger partial charge in [0.15, 0.2) is 0 Å². The molecule has 30 heavy (non-hydrogen) atoms. The van der Waals surface area contributed by atoms with E-state index in [-0.39, 0.29) is 0 Å². The summed E-state index contributed by atoms with van der Waals surface area (Å²) >= 11 is 0. The van der Waals surface area contributed by atoms with Crippen LogP contribution in [0.4, 0.5) is 0 Å². The molecular formula is C26H20O4. The van der Waals surface area contributed by atoms with Gasteiger partial charge in [0.2, 0.25) is 11.6 Å². The Morgan fingerprint density at radius 1 is 0.500 bits per heavy atom. The van der Waals surface area contributed by atoms with Crippen LogP contribution >= 0.6 is 0 Å². The van der Waals surface area contributed by atoms with Crippen LogP contribution in [0.15, 0.2) is 84.0 Å². The topological polar surface area (TPSA) is 36.9 Å². The van der Waals surface area contributed by atoms with Gasteiger partial charge in [-0.15, -0.1) is 0 Å². The molecule has 2 aromatic carbocycles. The van der Waals surface area contributed by atoms with Crippen LogP contribution in [-0.4, -0.2) is 38.0 Å². The van der Waals surface area contributed by atoms with Crippen molar-refractivity contribution in [1.29, 1.82) is 0 Å². The van der Waals surface area contributed by atoms with Gasteiger partial charge < -0.3 is 18.9 Å². The van der Waals surface area contributed by atoms with Crippen LogP contribution in [0.5, 0.6) is 0 Å². The van der Waals surface area contributed by atoms with Crippen molar-refractivity contribution in [3.63, 3.8) is 0 Å². The molecule has 2 spiro atoms. The molecule has 0 aromatic heterocycles. The normalized spacial score (nSPS) is 20.7. The van der Waals surface area contributed by atoms with Crippen molar-refractivity contribution in [1.82, 2.24) is 0 Å². The Morgan fingerprint density at radius 3 is 1.23 bits per heavy atom. The van der Waals surface area contributed by atoms with Gasteiger partial charge in [-0.2, -0.15) is 0 Å². The van der Waals surface area contributed by atoms with Crippen LogP contribution in [0.25, 0.3) is 0 Å². The van der Waals surface area contributed by atoms with Crippen LogP contribution in [0.3, 0.4) is 0 Å². The Morgan fingerprint density at radius 2 is 0.867 bits per heavy atom. The van der Waals surface area contributed by atoms with Gasteiger partial charge in [-0.25, -0.2) is 0 Å². The highest BCUT2D eigenvalue weighted by Crippen LogP contribution is 2.42. The number of hydrogen-bond acceptors (Lipinski definition) is 4. The third-order valence-corrected chi connectivity index (χ3v) is 5.08. The Labute approximate surface area is 176 Å². The molecule has 148 valence electrons. The van der Waals surface area contributed by atoms with Crippen LogP contribution in [0, 0.1) is 23.7 Å². The van der Waals surface area contributed by atoms with E-state index in [4.69, 9.17) is 18.9 Å². The SMILES string of the molecule is C(#Cc1ccccc1)C1=CC2(OCCO2)C(C#Cc2ccccc2)=CC12OCCO2. The highest BCUT2D eigenvalue weighted by atomic mass is 16.7. The second kappa shape index (κ2) is 7.95. The summed E-state index contributed by atoms with van der Waals surface area (Å²) in [6.07, 6.45) is 3.71. The summed E-state index contributed by atoms with van der Waals surface area (Å²) in [5.41, 5.74) is 3.15. The fraction of sp³-hybridized carbons (Fsp3) is 0.231. The van der Waals surface area contributed by atoms with E-state index in [0.29, 0.717) is 37.6 Å². The maximum Gasteiger partial charge on any atom is 0.224 e.